The van der Waals surface area contributed by atoms with Gasteiger partial charge in [0.25, 0.3) is 0 Å². The topological polar surface area (TPSA) is 37.4 Å². The maximum absolute atomic E-state index is 12.3. The van der Waals surface area contributed by atoms with Gasteiger partial charge in [-0.15, -0.1) is 11.6 Å². The van der Waals surface area contributed by atoms with Crippen molar-refractivity contribution in [1.82, 2.24) is 4.31 Å². The van der Waals surface area contributed by atoms with E-state index in [1.165, 1.54) is 16.4 Å². The van der Waals surface area contributed by atoms with Gasteiger partial charge in [-0.05, 0) is 37.1 Å². The molecule has 1 unspecified atom stereocenters. The molecule has 0 aliphatic carbocycles. The van der Waals surface area contributed by atoms with Crippen LogP contribution in [0.5, 0.6) is 0 Å². The number of alkyl halides is 1. The van der Waals surface area contributed by atoms with Crippen molar-refractivity contribution >= 4 is 33.2 Å². The minimum absolute atomic E-state index is 0.0858. The lowest BCUT2D eigenvalue weighted by Gasteiger charge is -2.22. The average molecular weight is 294 g/mol. The molecule has 1 saturated heterocycles. The maximum Gasteiger partial charge on any atom is 0.243 e. The minimum atomic E-state index is -3.43. The summed E-state index contributed by atoms with van der Waals surface area (Å²) < 4.78 is 26.2. The Hall–Kier alpha value is -0.290. The molecule has 0 spiro atoms. The van der Waals surface area contributed by atoms with Gasteiger partial charge in [-0.1, -0.05) is 11.6 Å². The number of halogens is 2. The predicted octanol–water partition coefficient (Wildman–Crippen LogP) is 2.73. The fraction of sp³-hybridized carbons (Fsp3) is 0.455. The van der Waals surface area contributed by atoms with Gasteiger partial charge in [-0.3, -0.25) is 0 Å². The highest BCUT2D eigenvalue weighted by molar-refractivity contribution is 7.89. The Morgan fingerprint density at radius 2 is 1.94 bits per heavy atom. The monoisotopic (exact) mass is 293 g/mol. The van der Waals surface area contributed by atoms with Gasteiger partial charge in [0.2, 0.25) is 10.0 Å². The van der Waals surface area contributed by atoms with Crippen molar-refractivity contribution < 1.29 is 8.42 Å². The standard InChI is InChI=1S/C11H13Cl2NO2S/c12-8-10-2-1-7-14(10)17(15,16)11-5-3-9(13)4-6-11/h3-6,10H,1-2,7-8H2. The first-order valence-electron chi connectivity index (χ1n) is 5.39. The molecule has 1 fully saturated rings. The Bertz CT molecular complexity index is 487. The van der Waals surface area contributed by atoms with Gasteiger partial charge in [0.15, 0.2) is 0 Å². The smallest absolute Gasteiger partial charge is 0.207 e. The molecule has 0 N–H and O–H groups in total. The van der Waals surface area contributed by atoms with Crippen LogP contribution in [-0.4, -0.2) is 31.2 Å². The molecule has 1 atom stereocenters. The summed E-state index contributed by atoms with van der Waals surface area (Å²) in [5.74, 6) is 0.340. The van der Waals surface area contributed by atoms with E-state index in [1.54, 1.807) is 12.1 Å². The summed E-state index contributed by atoms with van der Waals surface area (Å²) in [6, 6.07) is 6.14. The van der Waals surface area contributed by atoms with Crippen LogP contribution in [0, 0.1) is 0 Å². The van der Waals surface area contributed by atoms with Crippen LogP contribution in [0.15, 0.2) is 29.2 Å². The third kappa shape index (κ3) is 2.60. The van der Waals surface area contributed by atoms with Gasteiger partial charge in [-0.25, -0.2) is 8.42 Å². The van der Waals surface area contributed by atoms with Crippen LogP contribution >= 0.6 is 23.2 Å². The van der Waals surface area contributed by atoms with E-state index in [-0.39, 0.29) is 10.9 Å². The quantitative estimate of drug-likeness (QED) is 0.804. The van der Waals surface area contributed by atoms with Crippen molar-refractivity contribution in [3.63, 3.8) is 0 Å². The molecule has 2 rings (SSSR count). The largest absolute Gasteiger partial charge is 0.243 e. The molecule has 0 bridgehead atoms. The molecule has 1 heterocycles. The first-order chi connectivity index (χ1) is 8.05. The SMILES string of the molecule is O=S(=O)(c1ccc(Cl)cc1)N1CCCC1CCl. The van der Waals surface area contributed by atoms with Crippen LogP contribution in [0.3, 0.4) is 0 Å². The van der Waals surface area contributed by atoms with Gasteiger partial charge >= 0.3 is 0 Å². The summed E-state index contributed by atoms with van der Waals surface area (Å²) in [5.41, 5.74) is 0. The van der Waals surface area contributed by atoms with Crippen molar-refractivity contribution in [2.45, 2.75) is 23.8 Å². The number of sulfonamides is 1. The molecular formula is C11H13Cl2NO2S. The highest BCUT2D eigenvalue weighted by Gasteiger charge is 2.34. The Balaban J connectivity index is 2.33. The van der Waals surface area contributed by atoms with Crippen molar-refractivity contribution in [3.05, 3.63) is 29.3 Å². The van der Waals surface area contributed by atoms with Crippen LogP contribution in [0.1, 0.15) is 12.8 Å². The summed E-state index contributed by atoms with van der Waals surface area (Å²) in [5, 5.41) is 0.527. The normalized spacial score (nSPS) is 21.9. The Morgan fingerprint density at radius 3 is 2.53 bits per heavy atom. The molecule has 1 aliphatic heterocycles. The molecule has 1 aromatic rings. The highest BCUT2D eigenvalue weighted by Crippen LogP contribution is 2.27. The van der Waals surface area contributed by atoms with E-state index in [2.05, 4.69) is 0 Å². The number of rotatable bonds is 3. The number of hydrogen-bond donors (Lipinski definition) is 0. The molecule has 3 nitrogen and oxygen atoms in total. The van der Waals surface area contributed by atoms with Crippen LogP contribution in [0.4, 0.5) is 0 Å². The molecular weight excluding hydrogens is 281 g/mol. The molecule has 0 saturated carbocycles. The molecule has 1 aromatic carbocycles. The zero-order valence-electron chi connectivity index (χ0n) is 9.14. The average Bonchev–Trinajstić information content (AvgIpc) is 2.78. The van der Waals surface area contributed by atoms with Crippen molar-refractivity contribution in [2.24, 2.45) is 0 Å². The summed E-state index contributed by atoms with van der Waals surface area (Å²) >= 11 is 11.5. The van der Waals surface area contributed by atoms with Crippen molar-refractivity contribution in [2.75, 3.05) is 12.4 Å². The third-order valence-electron chi connectivity index (χ3n) is 2.92. The van der Waals surface area contributed by atoms with Gasteiger partial charge in [-0.2, -0.15) is 4.31 Å². The van der Waals surface area contributed by atoms with Crippen molar-refractivity contribution in [1.29, 1.82) is 0 Å². The van der Waals surface area contributed by atoms with Gasteiger partial charge in [0.1, 0.15) is 0 Å². The van der Waals surface area contributed by atoms with E-state index >= 15 is 0 Å². The second kappa shape index (κ2) is 5.14. The molecule has 94 valence electrons. The van der Waals surface area contributed by atoms with Crippen LogP contribution in [-0.2, 0) is 10.0 Å². The van der Waals surface area contributed by atoms with Crippen LogP contribution in [0.2, 0.25) is 5.02 Å². The maximum atomic E-state index is 12.3. The Morgan fingerprint density at radius 1 is 1.29 bits per heavy atom. The summed E-state index contributed by atoms with van der Waals surface area (Å²) in [6.07, 6.45) is 1.69. The van der Waals surface area contributed by atoms with E-state index in [1.807, 2.05) is 0 Å². The zero-order valence-corrected chi connectivity index (χ0v) is 11.5. The van der Waals surface area contributed by atoms with Gasteiger partial charge in [0.05, 0.1) is 4.90 Å². The molecule has 0 aromatic heterocycles. The first kappa shape index (κ1) is 13.1. The van der Waals surface area contributed by atoms with E-state index in [4.69, 9.17) is 23.2 Å². The summed E-state index contributed by atoms with van der Waals surface area (Å²) in [6.45, 7) is 0.544. The molecule has 0 radical (unpaired) electrons. The van der Waals surface area contributed by atoms with E-state index in [0.29, 0.717) is 17.4 Å². The zero-order chi connectivity index (χ0) is 12.5. The lowest BCUT2D eigenvalue weighted by Crippen LogP contribution is -2.36. The second-order valence-electron chi connectivity index (χ2n) is 4.02. The van der Waals surface area contributed by atoms with E-state index < -0.39 is 10.0 Å². The third-order valence-corrected chi connectivity index (χ3v) is 5.50. The number of benzene rings is 1. The minimum Gasteiger partial charge on any atom is -0.207 e. The van der Waals surface area contributed by atoms with E-state index in [9.17, 15) is 8.42 Å². The fourth-order valence-corrected chi connectivity index (χ4v) is 4.24. The van der Waals surface area contributed by atoms with Gasteiger partial charge in [0, 0.05) is 23.5 Å². The molecule has 6 heteroatoms. The van der Waals surface area contributed by atoms with Crippen molar-refractivity contribution in [3.8, 4) is 0 Å². The fourth-order valence-electron chi connectivity index (χ4n) is 2.02. The molecule has 1 aliphatic rings. The van der Waals surface area contributed by atoms with Crippen LogP contribution < -0.4 is 0 Å². The molecule has 0 amide bonds. The Labute approximate surface area is 111 Å². The van der Waals surface area contributed by atoms with Gasteiger partial charge < -0.3 is 0 Å². The Kier molecular flexibility index (Phi) is 3.98. The second-order valence-corrected chi connectivity index (χ2v) is 6.66. The lowest BCUT2D eigenvalue weighted by molar-refractivity contribution is 0.411. The highest BCUT2D eigenvalue weighted by atomic mass is 35.5. The molecule has 17 heavy (non-hydrogen) atoms. The predicted molar refractivity (Wildman–Crippen MR) is 69.1 cm³/mol. The van der Waals surface area contributed by atoms with Crippen LogP contribution in [0.25, 0.3) is 0 Å². The number of hydrogen-bond acceptors (Lipinski definition) is 2. The summed E-state index contributed by atoms with van der Waals surface area (Å²) in [4.78, 5) is 0.277. The lowest BCUT2D eigenvalue weighted by atomic mass is 10.3. The first-order valence-corrected chi connectivity index (χ1v) is 7.74. The number of nitrogens with zero attached hydrogens (tertiary/aromatic N) is 1. The summed E-state index contributed by atoms with van der Waals surface area (Å²) in [7, 11) is -3.43. The van der Waals surface area contributed by atoms with E-state index in [0.717, 1.165) is 12.8 Å².